The van der Waals surface area contributed by atoms with Crippen LogP contribution in [0, 0.1) is 12.7 Å². The number of aryl methyl sites for hydroxylation is 1. The number of nitrogen functional groups attached to an aromatic ring is 1. The molecular weight excluding hydrogens is 247 g/mol. The van der Waals surface area contributed by atoms with E-state index in [0.717, 1.165) is 11.0 Å². The average molecular weight is 258 g/mol. The Morgan fingerprint density at radius 3 is 2.79 bits per heavy atom. The summed E-state index contributed by atoms with van der Waals surface area (Å²) >= 11 is 0. The van der Waals surface area contributed by atoms with Crippen LogP contribution in [0.15, 0.2) is 34.7 Å². The summed E-state index contributed by atoms with van der Waals surface area (Å²) in [5.41, 5.74) is 3.15. The number of hydrogen-bond donors (Lipinski definition) is 2. The number of nitrogens with one attached hydrogen (secondary N) is 1. The number of anilines is 1. The molecule has 2 aromatic heterocycles. The number of nitrogens with two attached hydrogens (primary N) is 1. The van der Waals surface area contributed by atoms with Crippen molar-refractivity contribution in [3.05, 3.63) is 41.8 Å². The van der Waals surface area contributed by atoms with Crippen molar-refractivity contribution in [3.63, 3.8) is 0 Å². The third-order valence-electron chi connectivity index (χ3n) is 2.80. The first-order valence-electron chi connectivity index (χ1n) is 5.69. The molecule has 3 aromatic rings. The predicted molar refractivity (Wildman–Crippen MR) is 69.7 cm³/mol. The number of hydrazine groups is 1. The van der Waals surface area contributed by atoms with Gasteiger partial charge in [0.05, 0.1) is 5.69 Å². The molecule has 2 heterocycles. The first kappa shape index (κ1) is 11.6. The van der Waals surface area contributed by atoms with Crippen molar-refractivity contribution in [2.45, 2.75) is 6.92 Å². The van der Waals surface area contributed by atoms with Gasteiger partial charge >= 0.3 is 0 Å². The van der Waals surface area contributed by atoms with Gasteiger partial charge in [-0.05, 0) is 19.1 Å². The summed E-state index contributed by atoms with van der Waals surface area (Å²) in [5.74, 6) is 5.38. The fourth-order valence-corrected chi connectivity index (χ4v) is 1.86. The van der Waals surface area contributed by atoms with E-state index < -0.39 is 5.82 Å². The smallest absolute Gasteiger partial charge is 0.198 e. The van der Waals surface area contributed by atoms with E-state index in [1.165, 1.54) is 0 Å². The molecule has 3 rings (SSSR count). The Labute approximate surface area is 108 Å². The minimum absolute atomic E-state index is 0.0528. The molecule has 96 valence electrons. The molecule has 0 saturated carbocycles. The van der Waals surface area contributed by atoms with Crippen LogP contribution in [0.3, 0.4) is 0 Å². The highest BCUT2D eigenvalue weighted by Crippen LogP contribution is 2.27. The SMILES string of the molecule is Cc1nc(-c2cc3ccccc3o2)nc(NN)c1F. The minimum Gasteiger partial charge on any atom is -0.453 e. The Morgan fingerprint density at radius 1 is 1.26 bits per heavy atom. The number of benzene rings is 1. The lowest BCUT2D eigenvalue weighted by atomic mass is 10.2. The average Bonchev–Trinajstić information content (AvgIpc) is 2.85. The minimum atomic E-state index is -0.567. The molecule has 0 saturated heterocycles. The van der Waals surface area contributed by atoms with Gasteiger partial charge in [-0.3, -0.25) is 0 Å². The standard InChI is InChI=1S/C13H11FN4O/c1-7-11(14)13(18-15)17-12(16-7)10-6-8-4-2-3-5-9(8)19-10/h2-6H,15H2,1H3,(H,16,17,18). The fourth-order valence-electron chi connectivity index (χ4n) is 1.86. The molecule has 6 heteroatoms. The van der Waals surface area contributed by atoms with Crippen LogP contribution in [-0.2, 0) is 0 Å². The van der Waals surface area contributed by atoms with Crippen molar-refractivity contribution in [1.29, 1.82) is 0 Å². The molecule has 0 aliphatic heterocycles. The van der Waals surface area contributed by atoms with Crippen LogP contribution < -0.4 is 11.3 Å². The van der Waals surface area contributed by atoms with Crippen molar-refractivity contribution in [2.75, 3.05) is 5.43 Å². The molecule has 0 aliphatic rings. The van der Waals surface area contributed by atoms with Crippen LogP contribution in [-0.4, -0.2) is 9.97 Å². The van der Waals surface area contributed by atoms with Gasteiger partial charge in [0.25, 0.3) is 0 Å². The molecule has 0 amide bonds. The Hall–Kier alpha value is -2.47. The van der Waals surface area contributed by atoms with E-state index in [9.17, 15) is 4.39 Å². The van der Waals surface area contributed by atoms with Gasteiger partial charge in [0.1, 0.15) is 5.58 Å². The van der Waals surface area contributed by atoms with Crippen molar-refractivity contribution in [2.24, 2.45) is 5.84 Å². The fraction of sp³-hybridized carbons (Fsp3) is 0.0769. The molecule has 0 aliphatic carbocycles. The maximum atomic E-state index is 13.6. The van der Waals surface area contributed by atoms with E-state index in [-0.39, 0.29) is 11.5 Å². The Balaban J connectivity index is 2.18. The van der Waals surface area contributed by atoms with Gasteiger partial charge in [-0.25, -0.2) is 20.2 Å². The molecule has 1 aromatic carbocycles. The summed E-state index contributed by atoms with van der Waals surface area (Å²) in [7, 11) is 0. The van der Waals surface area contributed by atoms with E-state index in [1.807, 2.05) is 30.3 Å². The van der Waals surface area contributed by atoms with E-state index in [4.69, 9.17) is 10.3 Å². The zero-order valence-electron chi connectivity index (χ0n) is 10.1. The summed E-state index contributed by atoms with van der Waals surface area (Å²) in [6.07, 6.45) is 0. The number of fused-ring (bicyclic) bond motifs is 1. The number of para-hydroxylation sites is 1. The predicted octanol–water partition coefficient (Wildman–Crippen LogP) is 2.62. The van der Waals surface area contributed by atoms with Crippen molar-refractivity contribution in [3.8, 4) is 11.6 Å². The number of rotatable bonds is 2. The van der Waals surface area contributed by atoms with Crippen LogP contribution in [0.5, 0.6) is 0 Å². The maximum Gasteiger partial charge on any atom is 0.198 e. The number of aromatic nitrogens is 2. The molecule has 0 radical (unpaired) electrons. The summed E-state index contributed by atoms with van der Waals surface area (Å²) < 4.78 is 19.2. The number of furan rings is 1. The zero-order valence-corrected chi connectivity index (χ0v) is 10.1. The second kappa shape index (κ2) is 4.33. The van der Waals surface area contributed by atoms with Gasteiger partial charge < -0.3 is 9.84 Å². The molecule has 0 spiro atoms. The highest BCUT2D eigenvalue weighted by molar-refractivity contribution is 5.81. The van der Waals surface area contributed by atoms with Crippen LogP contribution in [0.25, 0.3) is 22.6 Å². The molecule has 0 bridgehead atoms. The van der Waals surface area contributed by atoms with Crippen LogP contribution in [0.1, 0.15) is 5.69 Å². The number of hydrogen-bond acceptors (Lipinski definition) is 5. The lowest BCUT2D eigenvalue weighted by molar-refractivity contribution is 0.598. The Morgan fingerprint density at radius 2 is 2.05 bits per heavy atom. The Kier molecular flexibility index (Phi) is 2.64. The largest absolute Gasteiger partial charge is 0.453 e. The van der Waals surface area contributed by atoms with E-state index >= 15 is 0 Å². The summed E-state index contributed by atoms with van der Waals surface area (Å²) in [5, 5.41) is 0.935. The third kappa shape index (κ3) is 1.92. The second-order valence-electron chi connectivity index (χ2n) is 4.09. The molecule has 3 N–H and O–H groups in total. The second-order valence-corrected chi connectivity index (χ2v) is 4.09. The molecule has 0 fully saturated rings. The van der Waals surface area contributed by atoms with Gasteiger partial charge in [0.15, 0.2) is 23.2 Å². The maximum absolute atomic E-state index is 13.6. The molecule has 19 heavy (non-hydrogen) atoms. The van der Waals surface area contributed by atoms with Gasteiger partial charge in [-0.15, -0.1) is 0 Å². The van der Waals surface area contributed by atoms with Gasteiger partial charge in [0.2, 0.25) is 0 Å². The normalized spacial score (nSPS) is 10.9. The molecule has 0 unspecified atom stereocenters. The topological polar surface area (TPSA) is 77.0 Å². The number of halogens is 1. The molecular formula is C13H11FN4O. The van der Waals surface area contributed by atoms with Crippen molar-refractivity contribution < 1.29 is 8.81 Å². The van der Waals surface area contributed by atoms with E-state index in [1.54, 1.807) is 6.92 Å². The lowest BCUT2D eigenvalue weighted by Gasteiger charge is -2.05. The zero-order chi connectivity index (χ0) is 13.4. The first-order valence-corrected chi connectivity index (χ1v) is 5.69. The van der Waals surface area contributed by atoms with Gasteiger partial charge in [-0.1, -0.05) is 18.2 Å². The van der Waals surface area contributed by atoms with Crippen molar-refractivity contribution in [1.82, 2.24) is 9.97 Å². The highest BCUT2D eigenvalue weighted by atomic mass is 19.1. The lowest BCUT2D eigenvalue weighted by Crippen LogP contribution is -2.12. The first-order chi connectivity index (χ1) is 9.19. The molecule has 0 atom stereocenters. The van der Waals surface area contributed by atoms with E-state index in [0.29, 0.717) is 11.6 Å². The van der Waals surface area contributed by atoms with Crippen LogP contribution >= 0.6 is 0 Å². The summed E-state index contributed by atoms with van der Waals surface area (Å²) in [6, 6.07) is 9.35. The quantitative estimate of drug-likeness (QED) is 0.545. The summed E-state index contributed by atoms with van der Waals surface area (Å²) in [4.78, 5) is 8.07. The summed E-state index contributed by atoms with van der Waals surface area (Å²) in [6.45, 7) is 1.55. The Bertz CT molecular complexity index is 720. The number of nitrogens with zero attached hydrogens (tertiary/aromatic N) is 2. The van der Waals surface area contributed by atoms with Gasteiger partial charge in [-0.2, -0.15) is 0 Å². The van der Waals surface area contributed by atoms with Crippen LogP contribution in [0.4, 0.5) is 10.2 Å². The van der Waals surface area contributed by atoms with Crippen molar-refractivity contribution >= 4 is 16.8 Å². The van der Waals surface area contributed by atoms with Crippen LogP contribution in [0.2, 0.25) is 0 Å². The molecule has 5 nitrogen and oxygen atoms in total. The van der Waals surface area contributed by atoms with E-state index in [2.05, 4.69) is 15.4 Å². The third-order valence-corrected chi connectivity index (χ3v) is 2.80. The van der Waals surface area contributed by atoms with Gasteiger partial charge in [0, 0.05) is 5.39 Å². The monoisotopic (exact) mass is 258 g/mol. The highest BCUT2D eigenvalue weighted by Gasteiger charge is 2.14.